The van der Waals surface area contributed by atoms with E-state index < -0.39 is 11.9 Å². The van der Waals surface area contributed by atoms with Crippen molar-refractivity contribution in [2.24, 2.45) is 0 Å². The van der Waals surface area contributed by atoms with E-state index in [1.807, 2.05) is 6.07 Å². The Morgan fingerprint density at radius 1 is 1.11 bits per heavy atom. The van der Waals surface area contributed by atoms with Crippen LogP contribution in [0.1, 0.15) is 11.6 Å². The van der Waals surface area contributed by atoms with Crippen LogP contribution < -0.4 is 5.32 Å². The molecule has 0 aliphatic carbocycles. The maximum atomic E-state index is 13.0. The standard InChI is InChI=1S/C14H11FN2O2/c15-10-2-1-3-11(7-10)17-12(8-16)9-4-5-13(18)14(19)6-9/h1-7,12,17-19H. The van der Waals surface area contributed by atoms with Gasteiger partial charge in [-0.3, -0.25) is 0 Å². The van der Waals surface area contributed by atoms with Crippen LogP contribution in [0.2, 0.25) is 0 Å². The van der Waals surface area contributed by atoms with Gasteiger partial charge in [-0.05, 0) is 35.9 Å². The van der Waals surface area contributed by atoms with E-state index >= 15 is 0 Å². The zero-order valence-electron chi connectivity index (χ0n) is 9.84. The highest BCUT2D eigenvalue weighted by molar-refractivity contribution is 5.50. The van der Waals surface area contributed by atoms with Crippen molar-refractivity contribution in [2.45, 2.75) is 6.04 Å². The lowest BCUT2D eigenvalue weighted by molar-refractivity contribution is 0.403. The molecular formula is C14H11FN2O2. The van der Waals surface area contributed by atoms with Gasteiger partial charge in [0.1, 0.15) is 11.9 Å². The average Bonchev–Trinajstić information content (AvgIpc) is 2.39. The van der Waals surface area contributed by atoms with Gasteiger partial charge in [0.2, 0.25) is 0 Å². The Kier molecular flexibility index (Phi) is 3.53. The second-order valence-electron chi connectivity index (χ2n) is 3.96. The average molecular weight is 258 g/mol. The summed E-state index contributed by atoms with van der Waals surface area (Å²) in [6.07, 6.45) is 0. The molecule has 0 fully saturated rings. The molecule has 0 aliphatic rings. The van der Waals surface area contributed by atoms with Crippen LogP contribution in [-0.4, -0.2) is 10.2 Å². The number of hydrogen-bond donors (Lipinski definition) is 3. The van der Waals surface area contributed by atoms with Crippen LogP contribution in [0.15, 0.2) is 42.5 Å². The summed E-state index contributed by atoms with van der Waals surface area (Å²) in [6, 6.07) is 11.1. The van der Waals surface area contributed by atoms with Crippen LogP contribution in [0.25, 0.3) is 0 Å². The molecule has 96 valence electrons. The minimum atomic E-state index is -0.756. The van der Waals surface area contributed by atoms with Gasteiger partial charge in [0.05, 0.1) is 6.07 Å². The number of nitriles is 1. The fourth-order valence-corrected chi connectivity index (χ4v) is 1.66. The van der Waals surface area contributed by atoms with Gasteiger partial charge >= 0.3 is 0 Å². The molecule has 0 aromatic heterocycles. The van der Waals surface area contributed by atoms with Crippen molar-refractivity contribution in [3.05, 3.63) is 53.8 Å². The smallest absolute Gasteiger partial charge is 0.157 e. The summed E-state index contributed by atoms with van der Waals surface area (Å²) in [5.74, 6) is -0.972. The summed E-state index contributed by atoms with van der Waals surface area (Å²) >= 11 is 0. The number of nitrogens with one attached hydrogen (secondary N) is 1. The minimum Gasteiger partial charge on any atom is -0.504 e. The lowest BCUT2D eigenvalue weighted by atomic mass is 10.1. The molecule has 19 heavy (non-hydrogen) atoms. The summed E-state index contributed by atoms with van der Waals surface area (Å²) in [5.41, 5.74) is 0.932. The highest BCUT2D eigenvalue weighted by Crippen LogP contribution is 2.29. The first-order chi connectivity index (χ1) is 9.10. The molecule has 0 aliphatic heterocycles. The molecule has 0 spiro atoms. The molecule has 0 amide bonds. The lowest BCUT2D eigenvalue weighted by Gasteiger charge is -2.14. The predicted molar refractivity (Wildman–Crippen MR) is 68.1 cm³/mol. The van der Waals surface area contributed by atoms with Gasteiger partial charge in [0.15, 0.2) is 11.5 Å². The first-order valence-electron chi connectivity index (χ1n) is 5.54. The minimum absolute atomic E-state index is 0.258. The summed E-state index contributed by atoms with van der Waals surface area (Å²) < 4.78 is 13.0. The molecule has 2 rings (SSSR count). The van der Waals surface area contributed by atoms with Crippen LogP contribution in [0.3, 0.4) is 0 Å². The maximum Gasteiger partial charge on any atom is 0.157 e. The Morgan fingerprint density at radius 2 is 1.89 bits per heavy atom. The van der Waals surface area contributed by atoms with Crippen LogP contribution in [0, 0.1) is 17.1 Å². The van der Waals surface area contributed by atoms with Crippen LogP contribution in [0.5, 0.6) is 11.5 Å². The third kappa shape index (κ3) is 2.93. The topological polar surface area (TPSA) is 76.3 Å². The molecule has 0 saturated heterocycles. The monoisotopic (exact) mass is 258 g/mol. The fraction of sp³-hybridized carbons (Fsp3) is 0.0714. The van der Waals surface area contributed by atoms with Gasteiger partial charge in [0.25, 0.3) is 0 Å². The quantitative estimate of drug-likeness (QED) is 0.740. The first kappa shape index (κ1) is 12.7. The third-order valence-electron chi connectivity index (χ3n) is 2.60. The van der Waals surface area contributed by atoms with E-state index in [0.717, 1.165) is 0 Å². The van der Waals surface area contributed by atoms with Crippen molar-refractivity contribution in [3.8, 4) is 17.6 Å². The largest absolute Gasteiger partial charge is 0.504 e. The van der Waals surface area contributed by atoms with Crippen LogP contribution in [0.4, 0.5) is 10.1 Å². The highest BCUT2D eigenvalue weighted by atomic mass is 19.1. The van der Waals surface area contributed by atoms with Crippen LogP contribution in [-0.2, 0) is 0 Å². The molecule has 5 heteroatoms. The summed E-state index contributed by atoms with van der Waals surface area (Å²) in [4.78, 5) is 0. The van der Waals surface area contributed by atoms with Gasteiger partial charge in [-0.2, -0.15) is 5.26 Å². The summed E-state index contributed by atoms with van der Waals surface area (Å²) in [6.45, 7) is 0. The number of phenolic OH excluding ortho intramolecular Hbond substituents is 2. The maximum absolute atomic E-state index is 13.0. The third-order valence-corrected chi connectivity index (χ3v) is 2.60. The Morgan fingerprint density at radius 3 is 2.53 bits per heavy atom. The van der Waals surface area contributed by atoms with E-state index in [1.165, 1.54) is 36.4 Å². The highest BCUT2D eigenvalue weighted by Gasteiger charge is 2.12. The van der Waals surface area contributed by atoms with Crippen molar-refractivity contribution < 1.29 is 14.6 Å². The van der Waals surface area contributed by atoms with Gasteiger partial charge in [-0.15, -0.1) is 0 Å². The normalized spacial score (nSPS) is 11.6. The lowest BCUT2D eigenvalue weighted by Crippen LogP contribution is -2.08. The van der Waals surface area contributed by atoms with E-state index in [4.69, 9.17) is 5.26 Å². The molecule has 2 aromatic rings. The molecular weight excluding hydrogens is 247 g/mol. The van der Waals surface area contributed by atoms with E-state index in [-0.39, 0.29) is 11.5 Å². The van der Waals surface area contributed by atoms with Gasteiger partial charge in [0, 0.05) is 5.69 Å². The zero-order valence-corrected chi connectivity index (χ0v) is 9.84. The number of phenols is 2. The van der Waals surface area contributed by atoms with E-state index in [1.54, 1.807) is 6.07 Å². The fourth-order valence-electron chi connectivity index (χ4n) is 1.66. The zero-order chi connectivity index (χ0) is 13.8. The second-order valence-corrected chi connectivity index (χ2v) is 3.96. The van der Waals surface area contributed by atoms with Crippen molar-refractivity contribution in [1.82, 2.24) is 0 Å². The van der Waals surface area contributed by atoms with E-state index in [2.05, 4.69) is 5.32 Å². The summed E-state index contributed by atoms with van der Waals surface area (Å²) in [5, 5.41) is 30.6. The number of anilines is 1. The Labute approximate surface area is 109 Å². The Balaban J connectivity index is 2.25. The molecule has 2 aromatic carbocycles. The van der Waals surface area contributed by atoms with E-state index in [9.17, 15) is 14.6 Å². The first-order valence-corrected chi connectivity index (χ1v) is 5.54. The molecule has 0 radical (unpaired) electrons. The van der Waals surface area contributed by atoms with Crippen molar-refractivity contribution in [3.63, 3.8) is 0 Å². The van der Waals surface area contributed by atoms with Gasteiger partial charge in [-0.1, -0.05) is 12.1 Å². The predicted octanol–water partition coefficient (Wildman–Crippen LogP) is 2.91. The molecule has 1 atom stereocenters. The second kappa shape index (κ2) is 5.27. The van der Waals surface area contributed by atoms with Crippen molar-refractivity contribution >= 4 is 5.69 Å². The molecule has 3 N–H and O–H groups in total. The Bertz CT molecular complexity index is 638. The molecule has 0 heterocycles. The molecule has 4 nitrogen and oxygen atoms in total. The SMILES string of the molecule is N#CC(Nc1cccc(F)c1)c1ccc(O)c(O)c1. The molecule has 0 bridgehead atoms. The van der Waals surface area contributed by atoms with Gasteiger partial charge < -0.3 is 15.5 Å². The molecule has 1 unspecified atom stereocenters. The van der Waals surface area contributed by atoms with Crippen molar-refractivity contribution in [2.75, 3.05) is 5.32 Å². The van der Waals surface area contributed by atoms with Crippen molar-refractivity contribution in [1.29, 1.82) is 5.26 Å². The number of nitrogens with zero attached hydrogens (tertiary/aromatic N) is 1. The Hall–Kier alpha value is -2.74. The summed E-state index contributed by atoms with van der Waals surface area (Å²) in [7, 11) is 0. The number of aromatic hydroxyl groups is 2. The van der Waals surface area contributed by atoms with Gasteiger partial charge in [-0.25, -0.2) is 4.39 Å². The molecule has 0 saturated carbocycles. The number of rotatable bonds is 3. The number of halogens is 1. The van der Waals surface area contributed by atoms with E-state index in [0.29, 0.717) is 11.3 Å². The number of hydrogen-bond acceptors (Lipinski definition) is 4. The number of benzene rings is 2. The van der Waals surface area contributed by atoms with Crippen LogP contribution >= 0.6 is 0 Å².